The number of nitrogens with one attached hydrogen (secondary N) is 1. The first-order chi connectivity index (χ1) is 8.71. The molecule has 1 unspecified atom stereocenters. The van der Waals surface area contributed by atoms with Gasteiger partial charge in [-0.15, -0.1) is 11.6 Å². The maximum Gasteiger partial charge on any atom is 0.165 e. The van der Waals surface area contributed by atoms with Crippen LogP contribution in [-0.4, -0.2) is 32.7 Å². The summed E-state index contributed by atoms with van der Waals surface area (Å²) >= 11 is 5.84. The zero-order valence-electron chi connectivity index (χ0n) is 10.7. The molecule has 0 aliphatic heterocycles. The summed E-state index contributed by atoms with van der Waals surface area (Å²) in [7, 11) is 3.11. The molecular weight excluding hydrogens is 257 g/mol. The van der Waals surface area contributed by atoms with Crippen LogP contribution < -0.4 is 10.1 Å². The van der Waals surface area contributed by atoms with Crippen molar-refractivity contribution in [1.29, 1.82) is 0 Å². The van der Waals surface area contributed by atoms with Crippen molar-refractivity contribution in [3.05, 3.63) is 29.6 Å². The van der Waals surface area contributed by atoms with Crippen LogP contribution in [0, 0.1) is 5.82 Å². The first-order valence-corrected chi connectivity index (χ1v) is 6.35. The lowest BCUT2D eigenvalue weighted by atomic mass is 10.2. The third-order valence-electron chi connectivity index (χ3n) is 2.67. The molecule has 1 atom stereocenters. The Kier molecular flexibility index (Phi) is 7.01. The highest BCUT2D eigenvalue weighted by Gasteiger charge is 2.08. The van der Waals surface area contributed by atoms with Crippen LogP contribution in [0.2, 0.25) is 0 Å². The van der Waals surface area contributed by atoms with E-state index in [0.717, 1.165) is 12.0 Å². The molecule has 18 heavy (non-hydrogen) atoms. The van der Waals surface area contributed by atoms with E-state index in [9.17, 15) is 4.39 Å². The fraction of sp³-hybridized carbons (Fsp3) is 0.538. The maximum absolute atomic E-state index is 13.5. The minimum Gasteiger partial charge on any atom is -0.494 e. The van der Waals surface area contributed by atoms with E-state index >= 15 is 0 Å². The molecule has 1 aromatic rings. The molecule has 102 valence electrons. The number of methoxy groups -OCH3 is 2. The second kappa shape index (κ2) is 8.29. The van der Waals surface area contributed by atoms with Crippen LogP contribution in [0.15, 0.2) is 18.2 Å². The summed E-state index contributed by atoms with van der Waals surface area (Å²) in [6.45, 7) is 1.23. The molecular formula is C13H19ClFNO2. The van der Waals surface area contributed by atoms with E-state index in [1.807, 2.05) is 6.07 Å². The number of hydrogen-bond donors (Lipinski definition) is 1. The average molecular weight is 276 g/mol. The number of ether oxygens (including phenoxy) is 2. The van der Waals surface area contributed by atoms with Crippen LogP contribution >= 0.6 is 11.6 Å². The van der Waals surface area contributed by atoms with Gasteiger partial charge in [0.05, 0.1) is 7.11 Å². The standard InChI is InChI=1S/C13H19ClFNO2/c1-17-6-5-11(8-14)16-9-10-3-4-13(18-2)12(15)7-10/h3-4,7,11,16H,5-6,8-9H2,1-2H3. The van der Waals surface area contributed by atoms with Gasteiger partial charge in [-0.3, -0.25) is 0 Å². The molecule has 0 heterocycles. The Hall–Kier alpha value is -0.840. The number of rotatable bonds is 8. The van der Waals surface area contributed by atoms with Crippen molar-refractivity contribution in [3.8, 4) is 5.75 Å². The molecule has 3 nitrogen and oxygen atoms in total. The largest absolute Gasteiger partial charge is 0.494 e. The Morgan fingerprint density at radius 1 is 1.39 bits per heavy atom. The van der Waals surface area contributed by atoms with Gasteiger partial charge >= 0.3 is 0 Å². The lowest BCUT2D eigenvalue weighted by molar-refractivity contribution is 0.185. The van der Waals surface area contributed by atoms with E-state index in [1.165, 1.54) is 13.2 Å². The van der Waals surface area contributed by atoms with Gasteiger partial charge in [0.25, 0.3) is 0 Å². The summed E-state index contributed by atoms with van der Waals surface area (Å²) in [5.41, 5.74) is 0.862. The molecule has 0 saturated carbocycles. The Bertz CT molecular complexity index is 363. The van der Waals surface area contributed by atoms with Crippen LogP contribution in [0.4, 0.5) is 4.39 Å². The number of hydrogen-bond acceptors (Lipinski definition) is 3. The Labute approximate surface area is 112 Å². The number of benzene rings is 1. The summed E-state index contributed by atoms with van der Waals surface area (Å²) < 4.78 is 23.3. The topological polar surface area (TPSA) is 30.5 Å². The number of halogens is 2. The van der Waals surface area contributed by atoms with Crippen molar-refractivity contribution in [2.45, 2.75) is 19.0 Å². The van der Waals surface area contributed by atoms with Crippen LogP contribution in [0.25, 0.3) is 0 Å². The highest BCUT2D eigenvalue weighted by Crippen LogP contribution is 2.17. The van der Waals surface area contributed by atoms with Crippen molar-refractivity contribution in [2.24, 2.45) is 0 Å². The SMILES string of the molecule is COCCC(CCl)NCc1ccc(OC)c(F)c1. The molecule has 0 aromatic heterocycles. The summed E-state index contributed by atoms with van der Waals surface area (Å²) in [5.74, 6) is 0.408. The molecule has 5 heteroatoms. The van der Waals surface area contributed by atoms with Gasteiger partial charge in [-0.25, -0.2) is 4.39 Å². The van der Waals surface area contributed by atoms with Crippen molar-refractivity contribution in [3.63, 3.8) is 0 Å². The van der Waals surface area contributed by atoms with Gasteiger partial charge in [-0.05, 0) is 24.1 Å². The maximum atomic E-state index is 13.5. The molecule has 0 aliphatic carbocycles. The highest BCUT2D eigenvalue weighted by molar-refractivity contribution is 6.18. The van der Waals surface area contributed by atoms with E-state index in [0.29, 0.717) is 19.0 Å². The van der Waals surface area contributed by atoms with E-state index in [1.54, 1.807) is 13.2 Å². The van der Waals surface area contributed by atoms with Crippen molar-refractivity contribution >= 4 is 11.6 Å². The van der Waals surface area contributed by atoms with E-state index in [4.69, 9.17) is 21.1 Å². The van der Waals surface area contributed by atoms with Crippen molar-refractivity contribution < 1.29 is 13.9 Å². The molecule has 1 N–H and O–H groups in total. The predicted molar refractivity (Wildman–Crippen MR) is 70.8 cm³/mol. The summed E-state index contributed by atoms with van der Waals surface area (Å²) in [6.07, 6.45) is 0.832. The fourth-order valence-electron chi connectivity index (χ4n) is 1.58. The van der Waals surface area contributed by atoms with Crippen LogP contribution in [0.1, 0.15) is 12.0 Å². The van der Waals surface area contributed by atoms with Gasteiger partial charge in [-0.2, -0.15) is 0 Å². The summed E-state index contributed by atoms with van der Waals surface area (Å²) in [4.78, 5) is 0. The Morgan fingerprint density at radius 3 is 2.72 bits per heavy atom. The van der Waals surface area contributed by atoms with Gasteiger partial charge in [-0.1, -0.05) is 6.07 Å². The van der Waals surface area contributed by atoms with E-state index in [2.05, 4.69) is 5.32 Å². The smallest absolute Gasteiger partial charge is 0.165 e. The second-order valence-corrected chi connectivity index (χ2v) is 4.29. The monoisotopic (exact) mass is 275 g/mol. The summed E-state index contributed by atoms with van der Waals surface area (Å²) in [5, 5.41) is 3.27. The minimum atomic E-state index is -0.351. The lowest BCUT2D eigenvalue weighted by Gasteiger charge is -2.15. The molecule has 0 fully saturated rings. The number of alkyl halides is 1. The predicted octanol–water partition coefficient (Wildman–Crippen LogP) is 2.57. The zero-order chi connectivity index (χ0) is 13.4. The normalized spacial score (nSPS) is 12.4. The summed E-state index contributed by atoms with van der Waals surface area (Å²) in [6, 6.07) is 5.08. The second-order valence-electron chi connectivity index (χ2n) is 3.98. The van der Waals surface area contributed by atoms with Crippen LogP contribution in [0.3, 0.4) is 0 Å². The van der Waals surface area contributed by atoms with Gasteiger partial charge in [0.2, 0.25) is 0 Å². The van der Waals surface area contributed by atoms with E-state index < -0.39 is 0 Å². The zero-order valence-corrected chi connectivity index (χ0v) is 11.5. The fourth-order valence-corrected chi connectivity index (χ4v) is 1.84. The quantitative estimate of drug-likeness (QED) is 0.740. The van der Waals surface area contributed by atoms with E-state index in [-0.39, 0.29) is 17.6 Å². The Morgan fingerprint density at radius 2 is 2.17 bits per heavy atom. The van der Waals surface area contributed by atoms with Gasteiger partial charge in [0.15, 0.2) is 11.6 Å². The molecule has 0 spiro atoms. The van der Waals surface area contributed by atoms with Crippen molar-refractivity contribution in [1.82, 2.24) is 5.32 Å². The van der Waals surface area contributed by atoms with Gasteiger partial charge in [0.1, 0.15) is 0 Å². The minimum absolute atomic E-state index is 0.164. The molecule has 0 bridgehead atoms. The third kappa shape index (κ3) is 4.80. The first kappa shape index (κ1) is 15.2. The van der Waals surface area contributed by atoms with Crippen LogP contribution in [-0.2, 0) is 11.3 Å². The highest BCUT2D eigenvalue weighted by atomic mass is 35.5. The molecule has 0 radical (unpaired) electrons. The molecule has 1 aromatic carbocycles. The molecule has 0 aliphatic rings. The first-order valence-electron chi connectivity index (χ1n) is 5.82. The average Bonchev–Trinajstić information content (AvgIpc) is 2.39. The van der Waals surface area contributed by atoms with Gasteiger partial charge < -0.3 is 14.8 Å². The molecule has 0 saturated heterocycles. The van der Waals surface area contributed by atoms with Gasteiger partial charge in [0, 0.05) is 32.2 Å². The molecule has 1 rings (SSSR count). The molecule has 0 amide bonds. The lowest BCUT2D eigenvalue weighted by Crippen LogP contribution is -2.31. The van der Waals surface area contributed by atoms with Crippen LogP contribution in [0.5, 0.6) is 5.75 Å². The van der Waals surface area contributed by atoms with Crippen molar-refractivity contribution in [2.75, 3.05) is 26.7 Å². The third-order valence-corrected chi connectivity index (χ3v) is 3.04. The Balaban J connectivity index is 2.49.